The van der Waals surface area contributed by atoms with E-state index in [1.54, 1.807) is 7.11 Å². The first-order valence-corrected chi connectivity index (χ1v) is 5.69. The molecule has 2 aromatic rings. The number of aromatic hydroxyl groups is 1. The highest BCUT2D eigenvalue weighted by atomic mass is 16.5. The minimum Gasteiger partial charge on any atom is -0.504 e. The number of aryl methyl sites for hydroxylation is 1. The van der Waals surface area contributed by atoms with Crippen molar-refractivity contribution in [3.05, 3.63) is 42.0 Å². The molecule has 0 bridgehead atoms. The lowest BCUT2D eigenvalue weighted by Gasteiger charge is -2.15. The van der Waals surface area contributed by atoms with E-state index in [1.807, 2.05) is 43.3 Å². The second-order valence-corrected chi connectivity index (χ2v) is 4.02. The molecule has 0 radical (unpaired) electrons. The Morgan fingerprint density at radius 2 is 1.67 bits per heavy atom. The van der Waals surface area contributed by atoms with Crippen molar-refractivity contribution < 1.29 is 14.6 Å². The Morgan fingerprint density at radius 3 is 2.22 bits per heavy atom. The van der Waals surface area contributed by atoms with Crippen molar-refractivity contribution in [2.24, 2.45) is 0 Å². The van der Waals surface area contributed by atoms with Gasteiger partial charge in [0.1, 0.15) is 0 Å². The van der Waals surface area contributed by atoms with Gasteiger partial charge in [0.05, 0.1) is 14.2 Å². The quantitative estimate of drug-likeness (QED) is 0.899. The fourth-order valence-electron chi connectivity index (χ4n) is 2.07. The second kappa shape index (κ2) is 5.00. The van der Waals surface area contributed by atoms with Crippen LogP contribution >= 0.6 is 0 Å². The average Bonchev–Trinajstić information content (AvgIpc) is 2.39. The molecule has 0 aliphatic carbocycles. The largest absolute Gasteiger partial charge is 0.504 e. The Morgan fingerprint density at radius 1 is 1.00 bits per heavy atom. The highest BCUT2D eigenvalue weighted by Gasteiger charge is 2.18. The van der Waals surface area contributed by atoms with Gasteiger partial charge in [0.2, 0.25) is 5.75 Å². The molecule has 0 fully saturated rings. The molecule has 3 nitrogen and oxygen atoms in total. The SMILES string of the molecule is COc1cc(C)c(-c2ccccc2)c(O)c1OC. The molecule has 0 heterocycles. The van der Waals surface area contributed by atoms with Gasteiger partial charge in [-0.15, -0.1) is 0 Å². The van der Waals surface area contributed by atoms with Gasteiger partial charge in [-0.2, -0.15) is 0 Å². The Hall–Kier alpha value is -2.16. The maximum absolute atomic E-state index is 10.3. The molecular weight excluding hydrogens is 228 g/mol. The highest BCUT2D eigenvalue weighted by Crippen LogP contribution is 2.45. The van der Waals surface area contributed by atoms with Gasteiger partial charge in [-0.1, -0.05) is 30.3 Å². The van der Waals surface area contributed by atoms with E-state index >= 15 is 0 Å². The van der Waals surface area contributed by atoms with E-state index in [1.165, 1.54) is 7.11 Å². The molecule has 0 spiro atoms. The van der Waals surface area contributed by atoms with Crippen LogP contribution in [0, 0.1) is 6.92 Å². The number of phenols is 1. The van der Waals surface area contributed by atoms with E-state index in [0.29, 0.717) is 11.5 Å². The van der Waals surface area contributed by atoms with Gasteiger partial charge in [-0.25, -0.2) is 0 Å². The number of hydrogen-bond donors (Lipinski definition) is 1. The molecule has 0 atom stereocenters. The molecule has 0 amide bonds. The maximum Gasteiger partial charge on any atom is 0.203 e. The minimum atomic E-state index is 0.112. The van der Waals surface area contributed by atoms with Crippen LogP contribution in [0.4, 0.5) is 0 Å². The van der Waals surface area contributed by atoms with Crippen LogP contribution in [-0.2, 0) is 0 Å². The summed E-state index contributed by atoms with van der Waals surface area (Å²) < 4.78 is 10.4. The molecule has 18 heavy (non-hydrogen) atoms. The first kappa shape index (κ1) is 12.3. The fourth-order valence-corrected chi connectivity index (χ4v) is 2.07. The van der Waals surface area contributed by atoms with Gasteiger partial charge in [0, 0.05) is 5.56 Å². The summed E-state index contributed by atoms with van der Waals surface area (Å²) in [6.07, 6.45) is 0. The van der Waals surface area contributed by atoms with Crippen molar-refractivity contribution in [3.8, 4) is 28.4 Å². The summed E-state index contributed by atoms with van der Waals surface area (Å²) in [7, 11) is 3.07. The van der Waals surface area contributed by atoms with E-state index in [2.05, 4.69) is 0 Å². The van der Waals surface area contributed by atoms with Crippen molar-refractivity contribution in [2.45, 2.75) is 6.92 Å². The molecular formula is C15H16O3. The van der Waals surface area contributed by atoms with E-state index in [4.69, 9.17) is 9.47 Å². The third-order valence-corrected chi connectivity index (χ3v) is 2.90. The van der Waals surface area contributed by atoms with Crippen molar-refractivity contribution in [3.63, 3.8) is 0 Å². The number of hydrogen-bond acceptors (Lipinski definition) is 3. The van der Waals surface area contributed by atoms with Crippen molar-refractivity contribution in [1.82, 2.24) is 0 Å². The smallest absolute Gasteiger partial charge is 0.203 e. The van der Waals surface area contributed by atoms with E-state index in [0.717, 1.165) is 16.7 Å². The normalized spacial score (nSPS) is 10.2. The zero-order chi connectivity index (χ0) is 13.1. The van der Waals surface area contributed by atoms with Crippen molar-refractivity contribution in [2.75, 3.05) is 14.2 Å². The lowest BCUT2D eigenvalue weighted by molar-refractivity contribution is 0.333. The van der Waals surface area contributed by atoms with Gasteiger partial charge in [0.25, 0.3) is 0 Å². The lowest BCUT2D eigenvalue weighted by Crippen LogP contribution is -1.94. The standard InChI is InChI=1S/C15H16O3/c1-10-9-12(17-2)15(18-3)14(16)13(10)11-7-5-4-6-8-11/h4-9,16H,1-3H3. The van der Waals surface area contributed by atoms with Crippen molar-refractivity contribution in [1.29, 1.82) is 0 Å². The summed E-state index contributed by atoms with van der Waals surface area (Å²) >= 11 is 0. The molecule has 2 rings (SSSR count). The van der Waals surface area contributed by atoms with Gasteiger partial charge in [-0.3, -0.25) is 0 Å². The Kier molecular flexibility index (Phi) is 3.42. The molecule has 1 N–H and O–H groups in total. The van der Waals surface area contributed by atoms with Crippen LogP contribution in [0.2, 0.25) is 0 Å². The van der Waals surface area contributed by atoms with E-state index in [9.17, 15) is 5.11 Å². The molecule has 0 aromatic heterocycles. The van der Waals surface area contributed by atoms with E-state index < -0.39 is 0 Å². The van der Waals surface area contributed by atoms with Gasteiger partial charge in [-0.05, 0) is 24.1 Å². The Balaban J connectivity index is 2.69. The Labute approximate surface area is 107 Å². The lowest BCUT2D eigenvalue weighted by atomic mass is 9.98. The summed E-state index contributed by atoms with van der Waals surface area (Å²) in [6.45, 7) is 1.93. The van der Waals surface area contributed by atoms with Crippen LogP contribution in [0.15, 0.2) is 36.4 Å². The number of methoxy groups -OCH3 is 2. The third kappa shape index (κ3) is 1.99. The van der Waals surface area contributed by atoms with Crippen LogP contribution < -0.4 is 9.47 Å². The minimum absolute atomic E-state index is 0.112. The highest BCUT2D eigenvalue weighted by molar-refractivity contribution is 5.78. The average molecular weight is 244 g/mol. The molecule has 0 aliphatic heterocycles. The topological polar surface area (TPSA) is 38.7 Å². The zero-order valence-corrected chi connectivity index (χ0v) is 10.7. The monoisotopic (exact) mass is 244 g/mol. The van der Waals surface area contributed by atoms with Crippen LogP contribution in [0.1, 0.15) is 5.56 Å². The van der Waals surface area contributed by atoms with E-state index in [-0.39, 0.29) is 5.75 Å². The maximum atomic E-state index is 10.3. The fraction of sp³-hybridized carbons (Fsp3) is 0.200. The van der Waals surface area contributed by atoms with Crippen LogP contribution in [-0.4, -0.2) is 19.3 Å². The molecule has 3 heteroatoms. The zero-order valence-electron chi connectivity index (χ0n) is 10.7. The van der Waals surface area contributed by atoms with Crippen molar-refractivity contribution >= 4 is 0 Å². The number of rotatable bonds is 3. The van der Waals surface area contributed by atoms with Crippen LogP contribution in [0.25, 0.3) is 11.1 Å². The molecule has 0 unspecified atom stereocenters. The first-order valence-electron chi connectivity index (χ1n) is 5.69. The number of phenolic OH excluding ortho intramolecular Hbond substituents is 1. The predicted molar refractivity (Wildman–Crippen MR) is 71.4 cm³/mol. The molecule has 94 valence electrons. The molecule has 0 aliphatic rings. The number of benzene rings is 2. The predicted octanol–water partition coefficient (Wildman–Crippen LogP) is 3.38. The van der Waals surface area contributed by atoms with Crippen LogP contribution in [0.5, 0.6) is 17.2 Å². The summed E-state index contributed by atoms with van der Waals surface area (Å²) in [5.41, 5.74) is 2.66. The summed E-state index contributed by atoms with van der Waals surface area (Å²) in [6, 6.07) is 11.6. The third-order valence-electron chi connectivity index (χ3n) is 2.90. The Bertz CT molecular complexity index is 547. The summed E-state index contributed by atoms with van der Waals surface area (Å²) in [4.78, 5) is 0. The second-order valence-electron chi connectivity index (χ2n) is 4.02. The molecule has 0 saturated carbocycles. The van der Waals surface area contributed by atoms with Gasteiger partial charge < -0.3 is 14.6 Å². The first-order chi connectivity index (χ1) is 8.69. The molecule has 2 aromatic carbocycles. The summed E-state index contributed by atoms with van der Waals surface area (Å²) in [5, 5.41) is 10.3. The van der Waals surface area contributed by atoms with Crippen LogP contribution in [0.3, 0.4) is 0 Å². The molecule has 0 saturated heterocycles. The number of ether oxygens (including phenoxy) is 2. The van der Waals surface area contributed by atoms with Gasteiger partial charge >= 0.3 is 0 Å². The van der Waals surface area contributed by atoms with Gasteiger partial charge in [0.15, 0.2) is 11.5 Å². The summed E-state index contributed by atoms with van der Waals surface area (Å²) in [5.74, 6) is 1.01.